The zero-order valence-corrected chi connectivity index (χ0v) is 12.9. The van der Waals surface area contributed by atoms with Crippen molar-refractivity contribution in [2.45, 2.75) is 25.8 Å². The second kappa shape index (κ2) is 6.42. The van der Waals surface area contributed by atoms with E-state index in [4.69, 9.17) is 0 Å². The molecule has 2 nitrogen and oxygen atoms in total. The summed E-state index contributed by atoms with van der Waals surface area (Å²) in [5.41, 5.74) is 4.25. The summed E-state index contributed by atoms with van der Waals surface area (Å²) in [5.74, 6) is 0. The Labute approximate surface area is 125 Å². The maximum Gasteiger partial charge on any atom is 0.0372 e. The third-order valence-electron chi connectivity index (χ3n) is 3.88. The van der Waals surface area contributed by atoms with Gasteiger partial charge in [-0.05, 0) is 54.9 Å². The van der Waals surface area contributed by atoms with Gasteiger partial charge in [-0.15, -0.1) is 11.3 Å². The van der Waals surface area contributed by atoms with Crippen LogP contribution in [-0.2, 0) is 19.4 Å². The number of nitrogens with one attached hydrogen (secondary N) is 1. The Bertz CT molecular complexity index is 548. The standard InChI is InChI=1S/C17H22N2S/c1-19(10-8-16-5-3-11-20-16)13-14-6-7-17-15(12-14)4-2-9-18-17/h3,5-7,11-12,18H,2,4,8-10,13H2,1H3. The molecule has 0 saturated heterocycles. The molecular weight excluding hydrogens is 264 g/mol. The molecule has 1 N–H and O–H groups in total. The quantitative estimate of drug-likeness (QED) is 0.900. The number of thiophene rings is 1. The van der Waals surface area contributed by atoms with Crippen LogP contribution in [0.5, 0.6) is 0 Å². The summed E-state index contributed by atoms with van der Waals surface area (Å²) >= 11 is 1.85. The zero-order chi connectivity index (χ0) is 13.8. The largest absolute Gasteiger partial charge is 0.385 e. The summed E-state index contributed by atoms with van der Waals surface area (Å²) in [6.45, 7) is 3.28. The highest BCUT2D eigenvalue weighted by Crippen LogP contribution is 2.23. The van der Waals surface area contributed by atoms with Crippen LogP contribution in [0.4, 0.5) is 5.69 Å². The molecule has 20 heavy (non-hydrogen) atoms. The number of hydrogen-bond donors (Lipinski definition) is 1. The first kappa shape index (κ1) is 13.7. The van der Waals surface area contributed by atoms with E-state index >= 15 is 0 Å². The van der Waals surface area contributed by atoms with Crippen LogP contribution in [0.3, 0.4) is 0 Å². The molecule has 1 aromatic heterocycles. The molecule has 0 amide bonds. The van der Waals surface area contributed by atoms with E-state index in [9.17, 15) is 0 Å². The van der Waals surface area contributed by atoms with Crippen LogP contribution in [0.2, 0.25) is 0 Å². The molecule has 0 saturated carbocycles. The Kier molecular flexibility index (Phi) is 4.38. The number of rotatable bonds is 5. The third-order valence-corrected chi connectivity index (χ3v) is 4.82. The van der Waals surface area contributed by atoms with E-state index in [0.717, 1.165) is 26.1 Å². The Morgan fingerprint density at radius 3 is 3.10 bits per heavy atom. The highest BCUT2D eigenvalue weighted by atomic mass is 32.1. The Morgan fingerprint density at radius 1 is 1.30 bits per heavy atom. The normalized spacial score (nSPS) is 14.1. The summed E-state index contributed by atoms with van der Waals surface area (Å²) in [7, 11) is 2.21. The van der Waals surface area contributed by atoms with Crippen LogP contribution >= 0.6 is 11.3 Å². The number of nitrogens with zero attached hydrogens (tertiary/aromatic N) is 1. The lowest BCUT2D eigenvalue weighted by Gasteiger charge is -2.21. The fourth-order valence-electron chi connectivity index (χ4n) is 2.77. The average Bonchev–Trinajstić information content (AvgIpc) is 2.98. The molecule has 1 aliphatic heterocycles. The fourth-order valence-corrected chi connectivity index (χ4v) is 3.47. The van der Waals surface area contributed by atoms with Crippen LogP contribution in [0, 0.1) is 0 Å². The van der Waals surface area contributed by atoms with E-state index in [-0.39, 0.29) is 0 Å². The summed E-state index contributed by atoms with van der Waals surface area (Å²) in [4.78, 5) is 3.89. The van der Waals surface area contributed by atoms with Crippen molar-refractivity contribution in [3.05, 3.63) is 51.7 Å². The van der Waals surface area contributed by atoms with Crippen molar-refractivity contribution >= 4 is 17.0 Å². The Balaban J connectivity index is 1.56. The molecule has 0 fully saturated rings. The monoisotopic (exact) mass is 286 g/mol. The molecule has 0 atom stereocenters. The number of aryl methyl sites for hydroxylation is 1. The lowest BCUT2D eigenvalue weighted by molar-refractivity contribution is 0.332. The van der Waals surface area contributed by atoms with Gasteiger partial charge in [-0.2, -0.15) is 0 Å². The minimum absolute atomic E-state index is 1.04. The minimum atomic E-state index is 1.04. The molecular formula is C17H22N2S. The summed E-state index contributed by atoms with van der Waals surface area (Å²) < 4.78 is 0. The van der Waals surface area contributed by atoms with Gasteiger partial charge in [-0.1, -0.05) is 18.2 Å². The molecule has 3 heteroatoms. The van der Waals surface area contributed by atoms with Crippen molar-refractivity contribution in [3.63, 3.8) is 0 Å². The molecule has 1 aromatic carbocycles. The topological polar surface area (TPSA) is 15.3 Å². The van der Waals surface area contributed by atoms with Gasteiger partial charge in [0.2, 0.25) is 0 Å². The molecule has 0 radical (unpaired) electrons. The Morgan fingerprint density at radius 2 is 2.25 bits per heavy atom. The van der Waals surface area contributed by atoms with Crippen molar-refractivity contribution < 1.29 is 0 Å². The van der Waals surface area contributed by atoms with E-state index in [1.54, 1.807) is 0 Å². The molecule has 0 unspecified atom stereocenters. The van der Waals surface area contributed by atoms with Gasteiger partial charge in [0.15, 0.2) is 0 Å². The molecule has 2 aromatic rings. The van der Waals surface area contributed by atoms with Crippen molar-refractivity contribution in [3.8, 4) is 0 Å². The number of hydrogen-bond acceptors (Lipinski definition) is 3. The van der Waals surface area contributed by atoms with Crippen LogP contribution in [0.15, 0.2) is 35.7 Å². The number of likely N-dealkylation sites (N-methyl/N-ethyl adjacent to an activating group) is 1. The molecule has 1 aliphatic rings. The lowest BCUT2D eigenvalue weighted by atomic mass is 10.0. The predicted octanol–water partition coefficient (Wildman–Crippen LogP) is 3.78. The van der Waals surface area contributed by atoms with Crippen molar-refractivity contribution in [2.24, 2.45) is 0 Å². The van der Waals surface area contributed by atoms with Gasteiger partial charge in [0, 0.05) is 30.2 Å². The third kappa shape index (κ3) is 3.41. The van der Waals surface area contributed by atoms with E-state index < -0.39 is 0 Å². The summed E-state index contributed by atoms with van der Waals surface area (Å²) in [5, 5.41) is 5.63. The van der Waals surface area contributed by atoms with E-state index in [2.05, 4.69) is 53.0 Å². The van der Waals surface area contributed by atoms with Crippen molar-refractivity contribution in [1.82, 2.24) is 4.90 Å². The highest BCUT2D eigenvalue weighted by molar-refractivity contribution is 7.09. The molecule has 0 spiro atoms. The lowest BCUT2D eigenvalue weighted by Crippen LogP contribution is -2.21. The van der Waals surface area contributed by atoms with Crippen molar-refractivity contribution in [2.75, 3.05) is 25.5 Å². The van der Waals surface area contributed by atoms with Gasteiger partial charge in [0.05, 0.1) is 0 Å². The molecule has 0 bridgehead atoms. The number of anilines is 1. The van der Waals surface area contributed by atoms with Gasteiger partial charge in [-0.25, -0.2) is 0 Å². The first-order chi connectivity index (χ1) is 9.81. The maximum atomic E-state index is 3.47. The SMILES string of the molecule is CN(CCc1cccs1)Cc1ccc2c(c1)CCCN2. The van der Waals surface area contributed by atoms with Crippen LogP contribution < -0.4 is 5.32 Å². The van der Waals surface area contributed by atoms with Gasteiger partial charge < -0.3 is 10.2 Å². The van der Waals surface area contributed by atoms with Crippen LogP contribution in [-0.4, -0.2) is 25.0 Å². The average molecular weight is 286 g/mol. The van der Waals surface area contributed by atoms with Gasteiger partial charge in [0.25, 0.3) is 0 Å². The van der Waals surface area contributed by atoms with Gasteiger partial charge in [0.1, 0.15) is 0 Å². The maximum absolute atomic E-state index is 3.47. The number of fused-ring (bicyclic) bond motifs is 1. The molecule has 106 valence electrons. The smallest absolute Gasteiger partial charge is 0.0372 e. The van der Waals surface area contributed by atoms with Crippen molar-refractivity contribution in [1.29, 1.82) is 0 Å². The Hall–Kier alpha value is -1.32. The van der Waals surface area contributed by atoms with E-state index in [1.165, 1.54) is 34.5 Å². The highest BCUT2D eigenvalue weighted by Gasteiger charge is 2.09. The van der Waals surface area contributed by atoms with Crippen LogP contribution in [0.1, 0.15) is 22.4 Å². The van der Waals surface area contributed by atoms with Crippen LogP contribution in [0.25, 0.3) is 0 Å². The second-order valence-corrected chi connectivity index (χ2v) is 6.62. The van der Waals surface area contributed by atoms with E-state index in [1.807, 2.05) is 11.3 Å². The fraction of sp³-hybridized carbons (Fsp3) is 0.412. The molecule has 0 aliphatic carbocycles. The van der Waals surface area contributed by atoms with Gasteiger partial charge >= 0.3 is 0 Å². The first-order valence-corrected chi connectivity index (χ1v) is 8.26. The first-order valence-electron chi connectivity index (χ1n) is 7.38. The summed E-state index contributed by atoms with van der Waals surface area (Å²) in [6, 6.07) is 11.2. The number of benzene rings is 1. The summed E-state index contributed by atoms with van der Waals surface area (Å²) in [6.07, 6.45) is 3.63. The van der Waals surface area contributed by atoms with E-state index in [0.29, 0.717) is 0 Å². The van der Waals surface area contributed by atoms with Gasteiger partial charge in [-0.3, -0.25) is 0 Å². The minimum Gasteiger partial charge on any atom is -0.385 e. The zero-order valence-electron chi connectivity index (χ0n) is 12.1. The predicted molar refractivity (Wildman–Crippen MR) is 87.6 cm³/mol. The molecule has 2 heterocycles. The molecule has 3 rings (SSSR count). The second-order valence-electron chi connectivity index (χ2n) is 5.59.